The molecule has 8 nitrogen and oxygen atoms in total. The molecule has 1 aromatic heterocycles. The van der Waals surface area contributed by atoms with Gasteiger partial charge in [0.2, 0.25) is 11.1 Å². The number of aromatic nitrogens is 4. The molecule has 0 saturated carbocycles. The number of hydrogen-bond donors (Lipinski definition) is 1. The lowest BCUT2D eigenvalue weighted by molar-refractivity contribution is -0.118. The van der Waals surface area contributed by atoms with E-state index in [2.05, 4.69) is 45.1 Å². The van der Waals surface area contributed by atoms with E-state index in [1.807, 2.05) is 36.4 Å². The van der Waals surface area contributed by atoms with Crippen LogP contribution in [0.2, 0.25) is 0 Å². The third-order valence-electron chi connectivity index (χ3n) is 5.55. The first-order valence-electron chi connectivity index (χ1n) is 11.2. The maximum absolute atomic E-state index is 12.6. The Bertz CT molecular complexity index is 1190. The molecule has 0 radical (unpaired) electrons. The van der Waals surface area contributed by atoms with Crippen LogP contribution in [0, 0.1) is 0 Å². The van der Waals surface area contributed by atoms with Gasteiger partial charge in [0.05, 0.1) is 20.0 Å². The van der Waals surface area contributed by atoms with Gasteiger partial charge in [0.25, 0.3) is 0 Å². The minimum atomic E-state index is -0.0815. The maximum Gasteiger partial charge on any atom is 0.230 e. The fraction of sp³-hybridized carbons (Fsp3) is 0.231. The number of rotatable bonds is 11. The summed E-state index contributed by atoms with van der Waals surface area (Å²) in [5, 5.41) is 15.4. The van der Waals surface area contributed by atoms with E-state index in [0.717, 1.165) is 6.42 Å². The van der Waals surface area contributed by atoms with Crippen LogP contribution in [0.3, 0.4) is 0 Å². The summed E-state index contributed by atoms with van der Waals surface area (Å²) in [6.45, 7) is 0.558. The van der Waals surface area contributed by atoms with Gasteiger partial charge in [0.15, 0.2) is 0 Å². The van der Waals surface area contributed by atoms with E-state index in [9.17, 15) is 4.79 Å². The molecule has 0 aliphatic carbocycles. The van der Waals surface area contributed by atoms with Crippen LogP contribution in [-0.2, 0) is 4.79 Å². The summed E-state index contributed by atoms with van der Waals surface area (Å²) in [6, 6.07) is 26.1. The van der Waals surface area contributed by atoms with Crippen molar-refractivity contribution < 1.29 is 14.3 Å². The minimum absolute atomic E-state index is 0.0815. The number of thioether (sulfide) groups is 1. The van der Waals surface area contributed by atoms with E-state index in [4.69, 9.17) is 9.47 Å². The molecule has 0 spiro atoms. The Labute approximate surface area is 208 Å². The molecule has 9 heteroatoms. The smallest absolute Gasteiger partial charge is 0.230 e. The van der Waals surface area contributed by atoms with Crippen LogP contribution in [0.25, 0.3) is 5.69 Å². The van der Waals surface area contributed by atoms with Gasteiger partial charge < -0.3 is 14.8 Å². The van der Waals surface area contributed by atoms with Crippen molar-refractivity contribution in [2.75, 3.05) is 26.5 Å². The van der Waals surface area contributed by atoms with Gasteiger partial charge in [0.1, 0.15) is 17.2 Å². The van der Waals surface area contributed by atoms with Crippen molar-refractivity contribution in [3.05, 3.63) is 90.0 Å². The lowest BCUT2D eigenvalue weighted by atomic mass is 9.88. The van der Waals surface area contributed by atoms with Gasteiger partial charge in [-0.15, -0.1) is 5.10 Å². The quantitative estimate of drug-likeness (QED) is 0.317. The standard InChI is InChI=1S/C26H27N5O3S/c1-33-21-13-14-24(34-2)23(17-21)31-26(28-29-30-31)35-18-25(32)27-16-15-22(19-9-5-3-6-10-19)20-11-7-4-8-12-20/h3-14,17,22H,15-16,18H2,1-2H3,(H,27,32). The average molecular weight is 490 g/mol. The second-order valence-corrected chi connectivity index (χ2v) is 8.65. The van der Waals surface area contributed by atoms with Gasteiger partial charge in [-0.2, -0.15) is 4.68 Å². The Morgan fingerprint density at radius 3 is 2.29 bits per heavy atom. The molecule has 35 heavy (non-hydrogen) atoms. The zero-order valence-corrected chi connectivity index (χ0v) is 20.4. The monoisotopic (exact) mass is 489 g/mol. The van der Waals surface area contributed by atoms with Gasteiger partial charge in [0, 0.05) is 18.5 Å². The zero-order valence-electron chi connectivity index (χ0n) is 19.6. The Morgan fingerprint density at radius 1 is 0.971 bits per heavy atom. The topological polar surface area (TPSA) is 91.2 Å². The number of hydrogen-bond acceptors (Lipinski definition) is 7. The normalized spacial score (nSPS) is 10.8. The van der Waals surface area contributed by atoms with Gasteiger partial charge in [-0.1, -0.05) is 72.4 Å². The number of carbonyl (C=O) groups excluding carboxylic acids is 1. The maximum atomic E-state index is 12.6. The van der Waals surface area contributed by atoms with Crippen molar-refractivity contribution in [2.45, 2.75) is 17.5 Å². The van der Waals surface area contributed by atoms with Crippen molar-refractivity contribution in [3.8, 4) is 17.2 Å². The minimum Gasteiger partial charge on any atom is -0.497 e. The summed E-state index contributed by atoms with van der Waals surface area (Å²) in [6.07, 6.45) is 0.795. The van der Waals surface area contributed by atoms with Crippen molar-refractivity contribution in [2.24, 2.45) is 0 Å². The summed E-state index contributed by atoms with van der Waals surface area (Å²) < 4.78 is 12.3. The molecule has 1 N–H and O–H groups in total. The molecule has 0 atom stereocenters. The van der Waals surface area contributed by atoms with Crippen molar-refractivity contribution in [3.63, 3.8) is 0 Å². The molecule has 1 amide bonds. The molecule has 0 saturated heterocycles. The first-order valence-corrected chi connectivity index (χ1v) is 12.2. The van der Waals surface area contributed by atoms with Crippen LogP contribution in [0.5, 0.6) is 11.5 Å². The highest BCUT2D eigenvalue weighted by Gasteiger charge is 2.17. The highest BCUT2D eigenvalue weighted by Crippen LogP contribution is 2.30. The predicted octanol–water partition coefficient (Wildman–Crippen LogP) is 4.11. The molecule has 0 fully saturated rings. The molecular weight excluding hydrogens is 462 g/mol. The number of amides is 1. The van der Waals surface area contributed by atoms with Gasteiger partial charge >= 0.3 is 0 Å². The molecule has 180 valence electrons. The molecule has 0 unspecified atom stereocenters. The number of nitrogens with one attached hydrogen (secondary N) is 1. The molecule has 4 rings (SSSR count). The number of tetrazole rings is 1. The number of benzene rings is 3. The second-order valence-electron chi connectivity index (χ2n) is 7.71. The molecule has 0 aliphatic heterocycles. The summed E-state index contributed by atoms with van der Waals surface area (Å²) in [4.78, 5) is 12.6. The summed E-state index contributed by atoms with van der Waals surface area (Å²) in [5.41, 5.74) is 3.09. The van der Waals surface area contributed by atoms with Crippen molar-refractivity contribution in [1.29, 1.82) is 0 Å². The average Bonchev–Trinajstić information content (AvgIpc) is 3.39. The van der Waals surface area contributed by atoms with Crippen LogP contribution >= 0.6 is 11.8 Å². The number of nitrogens with zero attached hydrogens (tertiary/aromatic N) is 4. The van der Waals surface area contributed by atoms with E-state index < -0.39 is 0 Å². The van der Waals surface area contributed by atoms with Crippen LogP contribution in [0.1, 0.15) is 23.5 Å². The second kappa shape index (κ2) is 12.0. The van der Waals surface area contributed by atoms with Crippen LogP contribution < -0.4 is 14.8 Å². The Balaban J connectivity index is 1.36. The van der Waals surface area contributed by atoms with E-state index in [-0.39, 0.29) is 17.6 Å². The Hall–Kier alpha value is -3.85. The first kappa shape index (κ1) is 24.3. The van der Waals surface area contributed by atoms with Crippen LogP contribution in [0.15, 0.2) is 84.0 Å². The zero-order chi connectivity index (χ0) is 24.5. The molecule has 1 heterocycles. The molecule has 0 bridgehead atoms. The van der Waals surface area contributed by atoms with Gasteiger partial charge in [-0.05, 0) is 40.1 Å². The number of methoxy groups -OCH3 is 2. The van der Waals surface area contributed by atoms with Gasteiger partial charge in [-0.3, -0.25) is 4.79 Å². The summed E-state index contributed by atoms with van der Waals surface area (Å²) in [7, 11) is 3.17. The Morgan fingerprint density at radius 2 is 1.66 bits per heavy atom. The molecule has 3 aromatic carbocycles. The van der Waals surface area contributed by atoms with E-state index in [0.29, 0.717) is 28.9 Å². The van der Waals surface area contributed by atoms with Crippen LogP contribution in [0.4, 0.5) is 0 Å². The highest BCUT2D eigenvalue weighted by atomic mass is 32.2. The van der Waals surface area contributed by atoms with E-state index >= 15 is 0 Å². The molecular formula is C26H27N5O3S. The third kappa shape index (κ3) is 6.19. The number of ether oxygens (including phenoxy) is 2. The van der Waals surface area contributed by atoms with E-state index in [1.54, 1.807) is 37.1 Å². The third-order valence-corrected chi connectivity index (χ3v) is 6.47. The number of carbonyl (C=O) groups is 1. The lowest BCUT2D eigenvalue weighted by Gasteiger charge is -2.18. The summed E-state index contributed by atoms with van der Waals surface area (Å²) in [5.74, 6) is 1.56. The largest absolute Gasteiger partial charge is 0.497 e. The van der Waals surface area contributed by atoms with Crippen LogP contribution in [-0.4, -0.2) is 52.6 Å². The first-order chi connectivity index (χ1) is 17.2. The predicted molar refractivity (Wildman–Crippen MR) is 135 cm³/mol. The Kier molecular flexibility index (Phi) is 8.34. The van der Waals surface area contributed by atoms with Gasteiger partial charge in [-0.25, -0.2) is 0 Å². The fourth-order valence-electron chi connectivity index (χ4n) is 3.82. The van der Waals surface area contributed by atoms with E-state index in [1.165, 1.54) is 22.9 Å². The fourth-order valence-corrected chi connectivity index (χ4v) is 4.53. The SMILES string of the molecule is COc1ccc(OC)c(-n2nnnc2SCC(=O)NCCC(c2ccccc2)c2ccccc2)c1. The van der Waals surface area contributed by atoms with Crippen molar-refractivity contribution >= 4 is 17.7 Å². The summed E-state index contributed by atoms with van der Waals surface area (Å²) >= 11 is 1.26. The molecule has 0 aliphatic rings. The lowest BCUT2D eigenvalue weighted by Crippen LogP contribution is -2.27. The molecule has 4 aromatic rings. The highest BCUT2D eigenvalue weighted by molar-refractivity contribution is 7.99. The van der Waals surface area contributed by atoms with Crippen molar-refractivity contribution in [1.82, 2.24) is 25.5 Å².